The van der Waals surface area contributed by atoms with E-state index in [1.807, 2.05) is 35.7 Å². The van der Waals surface area contributed by atoms with E-state index in [-0.39, 0.29) is 11.7 Å². The van der Waals surface area contributed by atoms with Crippen LogP contribution in [0.4, 0.5) is 5.00 Å². The second kappa shape index (κ2) is 10.9. The second-order valence-electron chi connectivity index (χ2n) is 7.26. The number of ether oxygens (including phenoxy) is 2. The number of nitrogens with zero attached hydrogens (tertiary/aromatic N) is 3. The Hall–Kier alpha value is -3.34. The van der Waals surface area contributed by atoms with Crippen molar-refractivity contribution in [2.45, 2.75) is 5.16 Å². The smallest absolute Gasteiger partial charge is 0.341 e. The fourth-order valence-electron chi connectivity index (χ4n) is 3.41. The lowest BCUT2D eigenvalue weighted by atomic mass is 10.0. The summed E-state index contributed by atoms with van der Waals surface area (Å²) >= 11 is 8.64. The molecule has 2 heterocycles. The fourth-order valence-corrected chi connectivity index (χ4v) is 5.26. The molecule has 0 saturated heterocycles. The number of halogens is 1. The van der Waals surface area contributed by atoms with E-state index in [0.29, 0.717) is 43.4 Å². The van der Waals surface area contributed by atoms with E-state index in [1.54, 1.807) is 36.9 Å². The van der Waals surface area contributed by atoms with Gasteiger partial charge in [0.1, 0.15) is 16.3 Å². The molecule has 2 aromatic carbocycles. The molecular formula is C24H21ClN4O4S2. The molecule has 4 aromatic rings. The van der Waals surface area contributed by atoms with E-state index in [2.05, 4.69) is 15.5 Å². The number of aromatic nitrogens is 3. The molecule has 0 bridgehead atoms. The lowest BCUT2D eigenvalue weighted by Gasteiger charge is -2.09. The number of benzene rings is 2. The molecule has 0 aliphatic rings. The number of hydrogen-bond acceptors (Lipinski definition) is 8. The van der Waals surface area contributed by atoms with Gasteiger partial charge in [-0.15, -0.1) is 21.5 Å². The molecule has 0 spiro atoms. The Bertz CT molecular complexity index is 1370. The zero-order chi connectivity index (χ0) is 24.9. The molecule has 11 heteroatoms. The van der Waals surface area contributed by atoms with E-state index in [9.17, 15) is 9.59 Å². The average Bonchev–Trinajstić information content (AvgIpc) is 3.46. The molecule has 0 aliphatic heterocycles. The summed E-state index contributed by atoms with van der Waals surface area (Å²) in [6.45, 7) is 0. The molecule has 0 radical (unpaired) electrons. The molecule has 4 rings (SSSR count). The Morgan fingerprint density at radius 3 is 2.60 bits per heavy atom. The van der Waals surface area contributed by atoms with Crippen LogP contribution in [0, 0.1) is 0 Å². The molecule has 0 unspecified atom stereocenters. The number of carbonyl (C=O) groups is 2. The minimum atomic E-state index is -0.513. The van der Waals surface area contributed by atoms with Crippen molar-refractivity contribution in [1.82, 2.24) is 14.8 Å². The Morgan fingerprint density at radius 1 is 1.11 bits per heavy atom. The van der Waals surface area contributed by atoms with Crippen molar-refractivity contribution in [3.05, 3.63) is 64.5 Å². The van der Waals surface area contributed by atoms with E-state index >= 15 is 0 Å². The molecule has 0 atom stereocenters. The first-order valence-corrected chi connectivity index (χ1v) is 12.6. The number of methoxy groups -OCH3 is 2. The van der Waals surface area contributed by atoms with Crippen molar-refractivity contribution in [1.29, 1.82) is 0 Å². The summed E-state index contributed by atoms with van der Waals surface area (Å²) in [4.78, 5) is 25.3. The SMILES string of the molecule is COC(=O)c1c(-c2ccccc2)csc1NC(=O)CSc1nnc(-c2cc(Cl)ccc2OC)n1C. The molecule has 35 heavy (non-hydrogen) atoms. The summed E-state index contributed by atoms with van der Waals surface area (Å²) in [7, 11) is 4.69. The summed E-state index contributed by atoms with van der Waals surface area (Å²) < 4.78 is 12.1. The van der Waals surface area contributed by atoms with Crippen LogP contribution in [0.1, 0.15) is 10.4 Å². The van der Waals surface area contributed by atoms with Crippen LogP contribution in [0.2, 0.25) is 5.02 Å². The maximum Gasteiger partial charge on any atom is 0.341 e. The van der Waals surface area contributed by atoms with Gasteiger partial charge in [0.2, 0.25) is 5.91 Å². The first-order valence-electron chi connectivity index (χ1n) is 10.3. The highest BCUT2D eigenvalue weighted by Crippen LogP contribution is 2.36. The summed E-state index contributed by atoms with van der Waals surface area (Å²) in [6.07, 6.45) is 0. The van der Waals surface area contributed by atoms with Gasteiger partial charge in [-0.1, -0.05) is 53.7 Å². The Morgan fingerprint density at radius 2 is 1.89 bits per heavy atom. The van der Waals surface area contributed by atoms with Gasteiger partial charge in [0.15, 0.2) is 11.0 Å². The number of thiophene rings is 1. The lowest BCUT2D eigenvalue weighted by molar-refractivity contribution is -0.113. The van der Waals surface area contributed by atoms with Crippen molar-refractivity contribution in [3.8, 4) is 28.3 Å². The summed E-state index contributed by atoms with van der Waals surface area (Å²) in [5.74, 6) is 0.443. The maximum absolute atomic E-state index is 12.8. The van der Waals surface area contributed by atoms with Crippen molar-refractivity contribution in [3.63, 3.8) is 0 Å². The van der Waals surface area contributed by atoms with Crippen LogP contribution < -0.4 is 10.1 Å². The summed E-state index contributed by atoms with van der Waals surface area (Å²) in [6, 6.07) is 14.7. The quantitative estimate of drug-likeness (QED) is 0.242. The number of anilines is 1. The average molecular weight is 529 g/mol. The minimum Gasteiger partial charge on any atom is -0.496 e. The first-order chi connectivity index (χ1) is 16.9. The summed E-state index contributed by atoms with van der Waals surface area (Å²) in [5.41, 5.74) is 2.60. The van der Waals surface area contributed by atoms with Gasteiger partial charge < -0.3 is 19.4 Å². The van der Waals surface area contributed by atoms with E-state index in [0.717, 1.165) is 5.56 Å². The van der Waals surface area contributed by atoms with Gasteiger partial charge in [0.25, 0.3) is 0 Å². The van der Waals surface area contributed by atoms with Crippen LogP contribution >= 0.6 is 34.7 Å². The molecule has 1 N–H and O–H groups in total. The molecule has 0 aliphatic carbocycles. The van der Waals surface area contributed by atoms with Gasteiger partial charge >= 0.3 is 5.97 Å². The predicted molar refractivity (Wildman–Crippen MR) is 138 cm³/mol. The molecular weight excluding hydrogens is 508 g/mol. The van der Waals surface area contributed by atoms with E-state index < -0.39 is 5.97 Å². The number of esters is 1. The van der Waals surface area contributed by atoms with Crippen LogP contribution in [0.15, 0.2) is 59.1 Å². The number of rotatable bonds is 8. The molecule has 2 aromatic heterocycles. The van der Waals surface area contributed by atoms with Gasteiger partial charge in [-0.3, -0.25) is 4.79 Å². The van der Waals surface area contributed by atoms with Gasteiger partial charge in [-0.25, -0.2) is 4.79 Å². The number of amides is 1. The van der Waals surface area contributed by atoms with Crippen LogP contribution in [-0.2, 0) is 16.6 Å². The van der Waals surface area contributed by atoms with Crippen LogP contribution in [-0.4, -0.2) is 46.6 Å². The third-order valence-electron chi connectivity index (χ3n) is 5.09. The molecule has 0 saturated carbocycles. The lowest BCUT2D eigenvalue weighted by Crippen LogP contribution is -2.16. The highest BCUT2D eigenvalue weighted by Gasteiger charge is 2.23. The number of nitrogens with one attached hydrogen (secondary N) is 1. The Balaban J connectivity index is 1.50. The largest absolute Gasteiger partial charge is 0.496 e. The van der Waals surface area contributed by atoms with E-state index in [1.165, 1.54) is 30.2 Å². The Kier molecular flexibility index (Phi) is 7.74. The Labute approximate surface area is 215 Å². The van der Waals surface area contributed by atoms with Crippen molar-refractivity contribution in [2.24, 2.45) is 7.05 Å². The van der Waals surface area contributed by atoms with Crippen molar-refractivity contribution < 1.29 is 19.1 Å². The molecule has 180 valence electrons. The highest BCUT2D eigenvalue weighted by atomic mass is 35.5. The van der Waals surface area contributed by atoms with Crippen LogP contribution in [0.25, 0.3) is 22.5 Å². The normalized spacial score (nSPS) is 10.7. The van der Waals surface area contributed by atoms with Gasteiger partial charge in [-0.2, -0.15) is 0 Å². The van der Waals surface area contributed by atoms with Gasteiger partial charge in [-0.05, 0) is 23.8 Å². The van der Waals surface area contributed by atoms with Crippen LogP contribution in [0.5, 0.6) is 5.75 Å². The maximum atomic E-state index is 12.8. The standard InChI is InChI=1S/C24H21ClN4O4S2/c1-29-21(16-11-15(25)9-10-18(16)32-2)27-28-24(29)35-13-19(30)26-22-20(23(31)33-3)17(12-34-22)14-7-5-4-6-8-14/h4-12H,13H2,1-3H3,(H,26,30). The molecule has 8 nitrogen and oxygen atoms in total. The van der Waals surface area contributed by atoms with Crippen molar-refractivity contribution >= 4 is 51.6 Å². The topological polar surface area (TPSA) is 95.3 Å². The first kappa shape index (κ1) is 24.8. The predicted octanol–water partition coefficient (Wildman–Crippen LogP) is 5.39. The van der Waals surface area contributed by atoms with Gasteiger partial charge in [0.05, 0.1) is 25.5 Å². The molecule has 0 fully saturated rings. The number of hydrogen-bond donors (Lipinski definition) is 1. The third kappa shape index (κ3) is 5.34. The number of thioether (sulfide) groups is 1. The van der Waals surface area contributed by atoms with E-state index in [4.69, 9.17) is 21.1 Å². The zero-order valence-corrected chi connectivity index (χ0v) is 21.5. The fraction of sp³-hybridized carbons (Fsp3) is 0.167. The van der Waals surface area contributed by atoms with Gasteiger partial charge in [0, 0.05) is 23.0 Å². The monoisotopic (exact) mass is 528 g/mol. The molecule has 1 amide bonds. The number of carbonyl (C=O) groups excluding carboxylic acids is 2. The zero-order valence-electron chi connectivity index (χ0n) is 19.1. The summed E-state index contributed by atoms with van der Waals surface area (Å²) in [5, 5.41) is 14.6. The second-order valence-corrected chi connectivity index (χ2v) is 9.52. The van der Waals surface area contributed by atoms with Crippen molar-refractivity contribution in [2.75, 3.05) is 25.3 Å². The highest BCUT2D eigenvalue weighted by molar-refractivity contribution is 7.99. The third-order valence-corrected chi connectivity index (χ3v) is 7.24. The minimum absolute atomic E-state index is 0.0673. The van der Waals surface area contributed by atoms with Crippen LogP contribution in [0.3, 0.4) is 0 Å².